The summed E-state index contributed by atoms with van der Waals surface area (Å²) in [5, 5.41) is 21.3. The summed E-state index contributed by atoms with van der Waals surface area (Å²) >= 11 is 6.81. The van der Waals surface area contributed by atoms with Gasteiger partial charge in [-0.05, 0) is 72.7 Å². The first-order valence-corrected chi connectivity index (χ1v) is 12.0. The molecule has 9 heteroatoms. The van der Waals surface area contributed by atoms with Crippen molar-refractivity contribution in [2.45, 2.75) is 13.5 Å². The molecule has 3 rings (SSSR count). The maximum atomic E-state index is 12.6. The van der Waals surface area contributed by atoms with E-state index in [1.165, 1.54) is 18.2 Å². The second-order valence-corrected chi connectivity index (χ2v) is 8.95. The molecule has 0 aromatic heterocycles. The van der Waals surface area contributed by atoms with E-state index in [1.54, 1.807) is 48.5 Å². The first-order chi connectivity index (χ1) is 16.8. The first-order valence-electron chi connectivity index (χ1n) is 10.4. The molecule has 3 aromatic rings. The summed E-state index contributed by atoms with van der Waals surface area (Å²) in [5.74, 6) is -0.638. The fourth-order valence-corrected chi connectivity index (χ4v) is 3.68. The Balaban J connectivity index is 1.81. The molecule has 7 nitrogen and oxygen atoms in total. The quantitative estimate of drug-likeness (QED) is 0.217. The minimum Gasteiger partial charge on any atom is -0.490 e. The predicted octanol–water partition coefficient (Wildman–Crippen LogP) is 6.43. The summed E-state index contributed by atoms with van der Waals surface area (Å²) < 4.78 is 13.1. The third-order valence-electron chi connectivity index (χ3n) is 4.73. The van der Waals surface area contributed by atoms with Gasteiger partial charge in [-0.1, -0.05) is 44.0 Å². The number of aromatic carboxylic acids is 1. The number of hydrogen-bond acceptors (Lipinski definition) is 5. The molecule has 1 amide bonds. The predicted molar refractivity (Wildman–Crippen MR) is 139 cm³/mol. The number of carbonyl (C=O) groups excluding carboxylic acids is 1. The van der Waals surface area contributed by atoms with Gasteiger partial charge in [-0.25, -0.2) is 4.79 Å². The summed E-state index contributed by atoms with van der Waals surface area (Å²) in [7, 11) is 0. The van der Waals surface area contributed by atoms with Crippen LogP contribution >= 0.6 is 31.9 Å². The number of benzene rings is 3. The lowest BCUT2D eigenvalue weighted by atomic mass is 10.1. The minimum absolute atomic E-state index is 0.0803. The molecule has 0 heterocycles. The van der Waals surface area contributed by atoms with Crippen LogP contribution in [0.1, 0.15) is 28.4 Å². The van der Waals surface area contributed by atoms with Crippen molar-refractivity contribution in [2.75, 3.05) is 11.9 Å². The van der Waals surface area contributed by atoms with Crippen LogP contribution in [0, 0.1) is 11.3 Å². The van der Waals surface area contributed by atoms with Gasteiger partial charge < -0.3 is 19.9 Å². The number of carbonyl (C=O) groups is 2. The normalized spacial score (nSPS) is 10.9. The number of nitriles is 1. The number of nitrogens with zero attached hydrogens (tertiary/aromatic N) is 1. The monoisotopic (exact) mass is 598 g/mol. The Morgan fingerprint density at radius 3 is 2.29 bits per heavy atom. The average molecular weight is 600 g/mol. The van der Waals surface area contributed by atoms with Gasteiger partial charge in [-0.3, -0.25) is 4.79 Å². The third-order valence-corrected chi connectivity index (χ3v) is 5.94. The van der Waals surface area contributed by atoms with Gasteiger partial charge >= 0.3 is 5.97 Å². The molecule has 0 aliphatic heterocycles. The maximum Gasteiger partial charge on any atom is 0.335 e. The van der Waals surface area contributed by atoms with Crippen LogP contribution < -0.4 is 14.8 Å². The van der Waals surface area contributed by atoms with Crippen molar-refractivity contribution in [3.63, 3.8) is 0 Å². The van der Waals surface area contributed by atoms with Crippen LogP contribution in [-0.2, 0) is 11.4 Å². The van der Waals surface area contributed by atoms with Gasteiger partial charge in [0, 0.05) is 14.6 Å². The second-order valence-electron chi connectivity index (χ2n) is 7.18. The van der Waals surface area contributed by atoms with E-state index in [0.29, 0.717) is 33.8 Å². The Labute approximate surface area is 219 Å². The van der Waals surface area contributed by atoms with E-state index < -0.39 is 11.9 Å². The van der Waals surface area contributed by atoms with Crippen molar-refractivity contribution >= 4 is 55.5 Å². The first kappa shape index (κ1) is 26.0. The van der Waals surface area contributed by atoms with Crippen LogP contribution in [0.25, 0.3) is 6.08 Å². The number of halogens is 2. The van der Waals surface area contributed by atoms with Crippen LogP contribution in [0.15, 0.2) is 75.2 Å². The van der Waals surface area contributed by atoms with Gasteiger partial charge in [0.25, 0.3) is 5.91 Å². The van der Waals surface area contributed by atoms with Gasteiger partial charge in [0.15, 0.2) is 11.5 Å². The van der Waals surface area contributed by atoms with E-state index in [2.05, 4.69) is 37.2 Å². The van der Waals surface area contributed by atoms with Gasteiger partial charge in [-0.15, -0.1) is 0 Å². The molecule has 0 fully saturated rings. The highest BCUT2D eigenvalue weighted by Crippen LogP contribution is 2.35. The highest BCUT2D eigenvalue weighted by atomic mass is 79.9. The molecule has 0 unspecified atom stereocenters. The van der Waals surface area contributed by atoms with Gasteiger partial charge in [-0.2, -0.15) is 5.26 Å². The molecule has 0 aliphatic rings. The highest BCUT2D eigenvalue weighted by Gasteiger charge is 2.14. The highest BCUT2D eigenvalue weighted by molar-refractivity contribution is 9.10. The van der Waals surface area contributed by atoms with Crippen molar-refractivity contribution in [1.29, 1.82) is 5.26 Å². The lowest BCUT2D eigenvalue weighted by molar-refractivity contribution is -0.112. The Bertz CT molecular complexity index is 1300. The molecule has 0 saturated carbocycles. The summed E-state index contributed by atoms with van der Waals surface area (Å²) in [5.41, 5.74) is 2.03. The van der Waals surface area contributed by atoms with Crippen LogP contribution in [0.4, 0.5) is 5.69 Å². The molecular weight excluding hydrogens is 580 g/mol. The molecule has 0 spiro atoms. The number of hydrogen-bond donors (Lipinski definition) is 2. The zero-order valence-electron chi connectivity index (χ0n) is 18.5. The number of anilines is 1. The van der Waals surface area contributed by atoms with Crippen LogP contribution in [0.5, 0.6) is 11.5 Å². The number of ether oxygens (including phenoxy) is 2. The molecule has 2 N–H and O–H groups in total. The Morgan fingerprint density at radius 1 is 1.03 bits per heavy atom. The minimum atomic E-state index is -0.995. The van der Waals surface area contributed by atoms with Crippen molar-refractivity contribution < 1.29 is 24.2 Å². The maximum absolute atomic E-state index is 12.6. The van der Waals surface area contributed by atoms with Crippen molar-refractivity contribution in [3.8, 4) is 17.6 Å². The molecule has 3 aromatic carbocycles. The average Bonchev–Trinajstić information content (AvgIpc) is 2.84. The van der Waals surface area contributed by atoms with Gasteiger partial charge in [0.05, 0.1) is 12.2 Å². The second kappa shape index (κ2) is 12.2. The van der Waals surface area contributed by atoms with E-state index in [-0.39, 0.29) is 17.7 Å². The van der Waals surface area contributed by atoms with Crippen molar-refractivity contribution in [2.24, 2.45) is 0 Å². The lowest BCUT2D eigenvalue weighted by Gasteiger charge is -2.14. The lowest BCUT2D eigenvalue weighted by Crippen LogP contribution is -2.13. The molecule has 0 aliphatic carbocycles. The largest absolute Gasteiger partial charge is 0.490 e. The summed E-state index contributed by atoms with van der Waals surface area (Å²) in [6, 6.07) is 18.7. The Morgan fingerprint density at radius 2 is 1.69 bits per heavy atom. The zero-order valence-corrected chi connectivity index (χ0v) is 21.7. The van der Waals surface area contributed by atoms with E-state index in [1.807, 2.05) is 13.0 Å². The van der Waals surface area contributed by atoms with Crippen LogP contribution in [-0.4, -0.2) is 23.6 Å². The van der Waals surface area contributed by atoms with Gasteiger partial charge in [0.2, 0.25) is 0 Å². The molecular formula is C26H20Br2N2O5. The van der Waals surface area contributed by atoms with E-state index in [9.17, 15) is 14.9 Å². The SMILES string of the molecule is CCOc1cc(/C=C(\C#N)C(=O)Nc2ccc(Br)cc2)c(Br)cc1OCc1ccc(C(=O)O)cc1. The number of nitrogens with one attached hydrogen (secondary N) is 1. The van der Waals surface area contributed by atoms with Crippen LogP contribution in [0.3, 0.4) is 0 Å². The molecule has 0 atom stereocenters. The molecule has 0 bridgehead atoms. The fourth-order valence-electron chi connectivity index (χ4n) is 2.98. The van der Waals surface area contributed by atoms with Crippen molar-refractivity contribution in [3.05, 3.63) is 91.9 Å². The standard InChI is InChI=1S/C26H20Br2N2O5/c1-2-34-23-12-18(11-19(14-29)25(31)30-21-9-7-20(27)8-10-21)22(28)13-24(23)35-15-16-3-5-17(6-4-16)26(32)33/h3-13H,2,15H2,1H3,(H,30,31)(H,32,33)/b19-11+. The smallest absolute Gasteiger partial charge is 0.335 e. The zero-order chi connectivity index (χ0) is 25.4. The van der Waals surface area contributed by atoms with E-state index in [4.69, 9.17) is 14.6 Å². The topological polar surface area (TPSA) is 109 Å². The molecule has 0 saturated heterocycles. The molecule has 0 radical (unpaired) electrons. The molecule has 35 heavy (non-hydrogen) atoms. The van der Waals surface area contributed by atoms with E-state index >= 15 is 0 Å². The van der Waals surface area contributed by atoms with E-state index in [0.717, 1.165) is 10.0 Å². The summed E-state index contributed by atoms with van der Waals surface area (Å²) in [4.78, 5) is 23.6. The number of rotatable bonds is 9. The fraction of sp³-hybridized carbons (Fsp3) is 0.115. The van der Waals surface area contributed by atoms with Crippen molar-refractivity contribution in [1.82, 2.24) is 0 Å². The Hall–Kier alpha value is -3.61. The number of carboxylic acid groups (broad SMARTS) is 1. The third kappa shape index (κ3) is 7.18. The summed E-state index contributed by atoms with van der Waals surface area (Å²) in [6.07, 6.45) is 1.47. The van der Waals surface area contributed by atoms with Gasteiger partial charge in [0.1, 0.15) is 18.2 Å². The Kier molecular flexibility index (Phi) is 9.06. The number of amides is 1. The van der Waals surface area contributed by atoms with Crippen LogP contribution in [0.2, 0.25) is 0 Å². The summed E-state index contributed by atoms with van der Waals surface area (Å²) in [6.45, 7) is 2.41. The molecule has 178 valence electrons. The number of carboxylic acids is 1.